The predicted molar refractivity (Wildman–Crippen MR) is 87.8 cm³/mol. The van der Waals surface area contributed by atoms with Crippen LogP contribution >= 0.6 is 11.6 Å². The van der Waals surface area contributed by atoms with Crippen molar-refractivity contribution in [2.75, 3.05) is 0 Å². The molecule has 0 N–H and O–H groups in total. The van der Waals surface area contributed by atoms with E-state index in [0.717, 1.165) is 18.4 Å². The van der Waals surface area contributed by atoms with Gasteiger partial charge in [0.2, 0.25) is 0 Å². The highest BCUT2D eigenvalue weighted by molar-refractivity contribution is 6.31. The topological polar surface area (TPSA) is 53.8 Å². The van der Waals surface area contributed by atoms with E-state index >= 15 is 0 Å². The summed E-state index contributed by atoms with van der Waals surface area (Å²) in [4.78, 5) is 16.5. The van der Waals surface area contributed by atoms with Crippen LogP contribution in [0.5, 0.6) is 0 Å². The van der Waals surface area contributed by atoms with E-state index < -0.39 is 5.41 Å². The van der Waals surface area contributed by atoms with E-state index in [-0.39, 0.29) is 5.92 Å². The Balaban J connectivity index is 2.03. The number of hydrogen-bond donors (Lipinski definition) is 0. The number of rotatable bonds is 6. The van der Waals surface area contributed by atoms with Crippen molar-refractivity contribution < 1.29 is 4.79 Å². The van der Waals surface area contributed by atoms with Crippen molar-refractivity contribution >= 4 is 17.4 Å². The summed E-state index contributed by atoms with van der Waals surface area (Å²) in [5, 5.41) is 9.86. The second-order valence-electron chi connectivity index (χ2n) is 6.42. The lowest BCUT2D eigenvalue weighted by Gasteiger charge is -2.20. The molecule has 0 amide bonds. The molecule has 2 rings (SSSR count). The van der Waals surface area contributed by atoms with Crippen molar-refractivity contribution in [2.24, 2.45) is 5.92 Å². The summed E-state index contributed by atoms with van der Waals surface area (Å²) < 4.78 is 0. The summed E-state index contributed by atoms with van der Waals surface area (Å²) in [6.45, 7) is 3.81. The van der Waals surface area contributed by atoms with E-state index in [1.807, 2.05) is 19.9 Å². The largest absolute Gasteiger partial charge is 0.299 e. The zero-order chi connectivity index (χ0) is 16.2. The highest BCUT2D eigenvalue weighted by Gasteiger charge is 2.28. The minimum atomic E-state index is -0.657. The molecule has 0 saturated heterocycles. The third-order valence-electron chi connectivity index (χ3n) is 4.84. The summed E-state index contributed by atoms with van der Waals surface area (Å²) in [5.41, 5.74) is 0.941. The number of Topliss-reactive ketones (excluding diaryl/α,β-unsaturated/α-hetero) is 1. The highest BCUT2D eigenvalue weighted by atomic mass is 35.5. The van der Waals surface area contributed by atoms with Crippen LogP contribution in [0.1, 0.15) is 63.6 Å². The van der Waals surface area contributed by atoms with Gasteiger partial charge in [0.25, 0.3) is 0 Å². The Morgan fingerprint density at radius 2 is 2.18 bits per heavy atom. The van der Waals surface area contributed by atoms with Gasteiger partial charge in [-0.1, -0.05) is 31.4 Å². The average Bonchev–Trinajstić information content (AvgIpc) is 3.06. The molecule has 3 nitrogen and oxygen atoms in total. The molecular formula is C18H23ClN2O. The molecule has 0 spiro atoms. The van der Waals surface area contributed by atoms with Gasteiger partial charge in [0.15, 0.2) is 0 Å². The fourth-order valence-electron chi connectivity index (χ4n) is 3.04. The maximum Gasteiger partial charge on any atom is 0.136 e. The molecule has 118 valence electrons. The van der Waals surface area contributed by atoms with Gasteiger partial charge in [-0.05, 0) is 44.2 Å². The number of aryl methyl sites for hydroxylation is 1. The minimum absolute atomic E-state index is 0.268. The highest BCUT2D eigenvalue weighted by Crippen LogP contribution is 2.31. The number of nitrogens with zero attached hydrogens (tertiary/aromatic N) is 2. The summed E-state index contributed by atoms with van der Waals surface area (Å²) in [7, 11) is 0. The minimum Gasteiger partial charge on any atom is -0.299 e. The van der Waals surface area contributed by atoms with Crippen LogP contribution in [0, 0.1) is 17.2 Å². The normalized spacial score (nSPS) is 17.9. The van der Waals surface area contributed by atoms with Crippen LogP contribution < -0.4 is 0 Å². The molecule has 0 radical (unpaired) electrons. The third kappa shape index (κ3) is 3.67. The van der Waals surface area contributed by atoms with Crippen molar-refractivity contribution in [3.05, 3.63) is 28.5 Å². The van der Waals surface area contributed by atoms with Crippen molar-refractivity contribution in [1.82, 2.24) is 4.98 Å². The number of aromatic nitrogens is 1. The fraction of sp³-hybridized carbons (Fsp3) is 0.611. The zero-order valence-electron chi connectivity index (χ0n) is 13.4. The fourth-order valence-corrected chi connectivity index (χ4v) is 3.44. The molecule has 1 saturated carbocycles. The molecule has 4 heteroatoms. The summed E-state index contributed by atoms with van der Waals surface area (Å²) in [6.07, 6.45) is 8.12. The van der Waals surface area contributed by atoms with E-state index in [9.17, 15) is 10.1 Å². The van der Waals surface area contributed by atoms with E-state index in [4.69, 9.17) is 11.6 Å². The lowest BCUT2D eigenvalue weighted by atomic mass is 9.85. The third-order valence-corrected chi connectivity index (χ3v) is 5.13. The Hall–Kier alpha value is -1.40. The number of ketones is 1. The molecule has 1 aromatic heterocycles. The van der Waals surface area contributed by atoms with Crippen LogP contribution in [0.15, 0.2) is 12.3 Å². The number of halogens is 1. The number of hydrogen-bond acceptors (Lipinski definition) is 3. The van der Waals surface area contributed by atoms with Crippen molar-refractivity contribution in [3.63, 3.8) is 0 Å². The summed E-state index contributed by atoms with van der Waals surface area (Å²) >= 11 is 6.32. The van der Waals surface area contributed by atoms with Crippen molar-refractivity contribution in [2.45, 2.75) is 64.2 Å². The lowest BCUT2D eigenvalue weighted by Crippen LogP contribution is -2.20. The van der Waals surface area contributed by atoms with Crippen LogP contribution in [0.4, 0.5) is 0 Å². The maximum absolute atomic E-state index is 12.1. The van der Waals surface area contributed by atoms with E-state index in [2.05, 4.69) is 11.1 Å². The molecule has 1 aliphatic rings. The van der Waals surface area contributed by atoms with Crippen LogP contribution in [-0.2, 0) is 16.6 Å². The van der Waals surface area contributed by atoms with E-state index in [1.165, 1.54) is 12.8 Å². The Morgan fingerprint density at radius 1 is 1.50 bits per heavy atom. The SMILES string of the molecule is CCC(C)(C#N)c1ncc(CCC(=O)C2CCCC2)cc1Cl. The molecule has 1 unspecified atom stereocenters. The molecule has 1 atom stereocenters. The zero-order valence-corrected chi connectivity index (χ0v) is 14.1. The van der Waals surface area contributed by atoms with Gasteiger partial charge in [0, 0.05) is 18.5 Å². The average molecular weight is 319 g/mol. The van der Waals surface area contributed by atoms with Gasteiger partial charge in [-0.2, -0.15) is 5.26 Å². The Bertz CT molecular complexity index is 587. The molecular weight excluding hydrogens is 296 g/mol. The summed E-state index contributed by atoms with van der Waals surface area (Å²) in [6, 6.07) is 4.15. The first-order chi connectivity index (χ1) is 10.5. The Morgan fingerprint density at radius 3 is 2.73 bits per heavy atom. The second kappa shape index (κ2) is 7.24. The molecule has 0 bridgehead atoms. The number of pyridine rings is 1. The smallest absolute Gasteiger partial charge is 0.136 e. The number of carbonyl (C=O) groups is 1. The molecule has 1 aliphatic carbocycles. The predicted octanol–water partition coefficient (Wildman–Crippen LogP) is 4.62. The monoisotopic (exact) mass is 318 g/mol. The lowest BCUT2D eigenvalue weighted by molar-refractivity contribution is -0.122. The second-order valence-corrected chi connectivity index (χ2v) is 6.83. The van der Waals surface area contributed by atoms with E-state index in [1.54, 1.807) is 6.20 Å². The van der Waals surface area contributed by atoms with Gasteiger partial charge < -0.3 is 0 Å². The number of carbonyl (C=O) groups excluding carboxylic acids is 1. The molecule has 1 fully saturated rings. The Labute approximate surface area is 137 Å². The molecule has 0 aromatic carbocycles. The molecule has 22 heavy (non-hydrogen) atoms. The van der Waals surface area contributed by atoms with Gasteiger partial charge in [-0.3, -0.25) is 9.78 Å². The first-order valence-corrected chi connectivity index (χ1v) is 8.47. The van der Waals surface area contributed by atoms with Crippen LogP contribution in [0.25, 0.3) is 0 Å². The Kier molecular flexibility index (Phi) is 5.58. The molecule has 1 aromatic rings. The van der Waals surface area contributed by atoms with Crippen LogP contribution in [0.3, 0.4) is 0 Å². The first-order valence-electron chi connectivity index (χ1n) is 8.09. The molecule has 0 aliphatic heterocycles. The van der Waals surface area contributed by atoms with Gasteiger partial charge in [0.05, 0.1) is 22.2 Å². The van der Waals surface area contributed by atoms with Crippen LogP contribution in [0.2, 0.25) is 5.02 Å². The quantitative estimate of drug-likeness (QED) is 0.769. The van der Waals surface area contributed by atoms with Crippen molar-refractivity contribution in [1.29, 1.82) is 5.26 Å². The standard InChI is InChI=1S/C18H23ClN2O/c1-3-18(2,12-20)17-15(19)10-13(11-21-17)8-9-16(22)14-6-4-5-7-14/h10-11,14H,3-9H2,1-2H3. The van der Waals surface area contributed by atoms with Gasteiger partial charge >= 0.3 is 0 Å². The van der Waals surface area contributed by atoms with Crippen LogP contribution in [-0.4, -0.2) is 10.8 Å². The van der Waals surface area contributed by atoms with E-state index in [0.29, 0.717) is 35.8 Å². The van der Waals surface area contributed by atoms with Gasteiger partial charge in [-0.15, -0.1) is 0 Å². The van der Waals surface area contributed by atoms with Gasteiger partial charge in [-0.25, -0.2) is 0 Å². The van der Waals surface area contributed by atoms with Crippen molar-refractivity contribution in [3.8, 4) is 6.07 Å². The maximum atomic E-state index is 12.1. The first kappa shape index (κ1) is 17.0. The molecule has 1 heterocycles. The van der Waals surface area contributed by atoms with Gasteiger partial charge in [0.1, 0.15) is 5.78 Å². The summed E-state index contributed by atoms with van der Waals surface area (Å²) in [5.74, 6) is 0.637. The number of nitriles is 1.